The fraction of sp³-hybridized carbons (Fsp3) is 0.227. The van der Waals surface area contributed by atoms with Crippen molar-refractivity contribution < 1.29 is 9.53 Å². The summed E-state index contributed by atoms with van der Waals surface area (Å²) < 4.78 is 5.37. The quantitative estimate of drug-likeness (QED) is 0.757. The van der Waals surface area contributed by atoms with Crippen LogP contribution in [0.5, 0.6) is 0 Å². The van der Waals surface area contributed by atoms with E-state index in [1.807, 2.05) is 67.6 Å². The van der Waals surface area contributed by atoms with Gasteiger partial charge in [0.25, 0.3) is 5.91 Å². The third kappa shape index (κ3) is 4.18. The Labute approximate surface area is 164 Å². The molecule has 1 fully saturated rings. The summed E-state index contributed by atoms with van der Waals surface area (Å²) in [6.07, 6.45) is 0. The first-order valence-corrected chi connectivity index (χ1v) is 9.34. The summed E-state index contributed by atoms with van der Waals surface area (Å²) >= 11 is 0. The highest BCUT2D eigenvalue weighted by Gasteiger charge is 2.13. The highest BCUT2D eigenvalue weighted by molar-refractivity contribution is 6.04. The minimum atomic E-state index is -0.130. The molecule has 2 aromatic carbocycles. The number of morpholine rings is 1. The summed E-state index contributed by atoms with van der Waals surface area (Å²) in [6, 6.07) is 19.1. The molecule has 2 heterocycles. The molecular weight excluding hydrogens is 352 g/mol. The third-order valence-corrected chi connectivity index (χ3v) is 4.68. The van der Waals surface area contributed by atoms with Gasteiger partial charge in [0.2, 0.25) is 0 Å². The van der Waals surface area contributed by atoms with Gasteiger partial charge in [-0.05, 0) is 43.3 Å². The fourth-order valence-corrected chi connectivity index (χ4v) is 3.19. The summed E-state index contributed by atoms with van der Waals surface area (Å²) in [6.45, 7) is 5.05. The summed E-state index contributed by atoms with van der Waals surface area (Å²) in [4.78, 5) is 14.6. The van der Waals surface area contributed by atoms with E-state index >= 15 is 0 Å². The highest BCUT2D eigenvalue weighted by atomic mass is 16.5. The van der Waals surface area contributed by atoms with Crippen LogP contribution in [0, 0.1) is 6.92 Å². The molecule has 1 aromatic heterocycles. The number of aromatic nitrogens is 2. The monoisotopic (exact) mass is 374 g/mol. The normalized spacial score (nSPS) is 14.0. The Balaban J connectivity index is 1.49. The molecule has 0 unspecified atom stereocenters. The Bertz CT molecular complexity index is 966. The van der Waals surface area contributed by atoms with Gasteiger partial charge in [0.15, 0.2) is 5.82 Å². The van der Waals surface area contributed by atoms with Crippen molar-refractivity contribution in [3.63, 3.8) is 0 Å². The number of benzene rings is 2. The van der Waals surface area contributed by atoms with Gasteiger partial charge in [0, 0.05) is 29.9 Å². The average molecular weight is 374 g/mol. The molecule has 1 amide bonds. The van der Waals surface area contributed by atoms with Crippen LogP contribution >= 0.6 is 0 Å². The first kappa shape index (κ1) is 18.1. The molecule has 0 bridgehead atoms. The number of nitrogens with zero attached hydrogens (tertiary/aromatic N) is 3. The first-order valence-electron chi connectivity index (χ1n) is 9.34. The molecule has 6 heteroatoms. The van der Waals surface area contributed by atoms with E-state index in [1.165, 1.54) is 0 Å². The van der Waals surface area contributed by atoms with Crippen LogP contribution in [0.4, 0.5) is 11.5 Å². The predicted octanol–water partition coefficient (Wildman–Crippen LogP) is 3.54. The number of hydrogen-bond acceptors (Lipinski definition) is 5. The lowest BCUT2D eigenvalue weighted by Crippen LogP contribution is -2.36. The van der Waals surface area contributed by atoms with Gasteiger partial charge in [-0.1, -0.05) is 29.8 Å². The summed E-state index contributed by atoms with van der Waals surface area (Å²) in [5, 5.41) is 11.7. The van der Waals surface area contributed by atoms with Crippen LogP contribution in [0.1, 0.15) is 15.9 Å². The number of hydrogen-bond donors (Lipinski definition) is 1. The van der Waals surface area contributed by atoms with Gasteiger partial charge in [0.1, 0.15) is 0 Å². The van der Waals surface area contributed by atoms with Crippen molar-refractivity contribution in [2.75, 3.05) is 36.5 Å². The van der Waals surface area contributed by atoms with Crippen LogP contribution in [-0.4, -0.2) is 42.4 Å². The molecule has 0 saturated carbocycles. The van der Waals surface area contributed by atoms with Gasteiger partial charge in [0.05, 0.1) is 18.9 Å². The highest BCUT2D eigenvalue weighted by Crippen LogP contribution is 2.22. The van der Waals surface area contributed by atoms with E-state index in [0.717, 1.165) is 41.4 Å². The molecule has 0 aliphatic carbocycles. The van der Waals surface area contributed by atoms with E-state index < -0.39 is 0 Å². The molecule has 0 spiro atoms. The molecule has 1 aliphatic heterocycles. The maximum atomic E-state index is 12.5. The van der Waals surface area contributed by atoms with Gasteiger partial charge in [-0.15, -0.1) is 10.2 Å². The molecular formula is C22H22N4O2. The number of amides is 1. The Morgan fingerprint density at radius 3 is 2.57 bits per heavy atom. The van der Waals surface area contributed by atoms with Gasteiger partial charge in [-0.2, -0.15) is 0 Å². The van der Waals surface area contributed by atoms with Gasteiger partial charge in [-0.3, -0.25) is 4.79 Å². The van der Waals surface area contributed by atoms with Crippen molar-refractivity contribution in [1.82, 2.24) is 10.2 Å². The molecule has 1 saturated heterocycles. The molecule has 1 N–H and O–H groups in total. The number of aryl methyl sites for hydroxylation is 1. The minimum absolute atomic E-state index is 0.130. The van der Waals surface area contributed by atoms with Crippen LogP contribution in [-0.2, 0) is 4.74 Å². The van der Waals surface area contributed by atoms with E-state index in [4.69, 9.17) is 4.74 Å². The minimum Gasteiger partial charge on any atom is -0.378 e. The number of ether oxygens (including phenoxy) is 1. The second-order valence-corrected chi connectivity index (χ2v) is 6.78. The van der Waals surface area contributed by atoms with E-state index in [0.29, 0.717) is 18.8 Å². The van der Waals surface area contributed by atoms with Crippen LogP contribution in [0.15, 0.2) is 60.7 Å². The van der Waals surface area contributed by atoms with Crippen LogP contribution in [0.2, 0.25) is 0 Å². The lowest BCUT2D eigenvalue weighted by Gasteiger charge is -2.27. The largest absolute Gasteiger partial charge is 0.378 e. The van der Waals surface area contributed by atoms with Crippen molar-refractivity contribution in [1.29, 1.82) is 0 Å². The van der Waals surface area contributed by atoms with Crippen LogP contribution < -0.4 is 10.2 Å². The molecule has 4 rings (SSSR count). The van der Waals surface area contributed by atoms with Crippen molar-refractivity contribution >= 4 is 17.4 Å². The van der Waals surface area contributed by atoms with Crippen molar-refractivity contribution in [3.05, 3.63) is 71.8 Å². The number of carbonyl (C=O) groups excluding carboxylic acids is 1. The molecule has 28 heavy (non-hydrogen) atoms. The van der Waals surface area contributed by atoms with Crippen molar-refractivity contribution in [3.8, 4) is 11.3 Å². The van der Waals surface area contributed by atoms with E-state index in [2.05, 4.69) is 20.4 Å². The summed E-state index contributed by atoms with van der Waals surface area (Å²) in [7, 11) is 0. The molecule has 0 atom stereocenters. The molecule has 6 nitrogen and oxygen atoms in total. The lowest BCUT2D eigenvalue weighted by atomic mass is 10.1. The number of nitrogens with one attached hydrogen (secondary N) is 1. The second-order valence-electron chi connectivity index (χ2n) is 6.78. The van der Waals surface area contributed by atoms with E-state index in [-0.39, 0.29) is 5.91 Å². The number of rotatable bonds is 4. The maximum absolute atomic E-state index is 12.5. The Hall–Kier alpha value is -3.25. The fourth-order valence-electron chi connectivity index (χ4n) is 3.19. The zero-order valence-electron chi connectivity index (χ0n) is 15.8. The Morgan fingerprint density at radius 2 is 1.82 bits per heavy atom. The Morgan fingerprint density at radius 1 is 1.00 bits per heavy atom. The molecule has 1 aliphatic rings. The smallest absolute Gasteiger partial charge is 0.255 e. The third-order valence-electron chi connectivity index (χ3n) is 4.68. The number of carbonyl (C=O) groups is 1. The van der Waals surface area contributed by atoms with Crippen LogP contribution in [0.25, 0.3) is 11.3 Å². The van der Waals surface area contributed by atoms with Crippen molar-refractivity contribution in [2.45, 2.75) is 6.92 Å². The summed E-state index contributed by atoms with van der Waals surface area (Å²) in [5.74, 6) is 0.727. The standard InChI is InChI=1S/C22H22N4O2/c1-16-4-2-6-18(14-16)22(27)23-19-7-3-5-17(15-19)20-8-9-21(25-24-20)26-10-12-28-13-11-26/h2-9,14-15H,10-13H2,1H3,(H,23,27). The Kier molecular flexibility index (Phi) is 5.30. The van der Waals surface area contributed by atoms with E-state index in [9.17, 15) is 4.79 Å². The SMILES string of the molecule is Cc1cccc(C(=O)Nc2cccc(-c3ccc(N4CCOCC4)nn3)c2)c1. The van der Waals surface area contributed by atoms with Gasteiger partial charge in [-0.25, -0.2) is 0 Å². The average Bonchev–Trinajstić information content (AvgIpc) is 2.75. The number of anilines is 2. The molecule has 3 aromatic rings. The zero-order chi connectivity index (χ0) is 19.3. The maximum Gasteiger partial charge on any atom is 0.255 e. The summed E-state index contributed by atoms with van der Waals surface area (Å²) in [5.41, 5.74) is 4.09. The van der Waals surface area contributed by atoms with Crippen molar-refractivity contribution in [2.24, 2.45) is 0 Å². The second kappa shape index (κ2) is 8.19. The zero-order valence-corrected chi connectivity index (χ0v) is 15.8. The van der Waals surface area contributed by atoms with Gasteiger partial charge < -0.3 is 15.0 Å². The topological polar surface area (TPSA) is 67.4 Å². The molecule has 142 valence electrons. The van der Waals surface area contributed by atoms with Crippen LogP contribution in [0.3, 0.4) is 0 Å². The van der Waals surface area contributed by atoms with E-state index in [1.54, 1.807) is 0 Å². The first-order chi connectivity index (χ1) is 13.7. The molecule has 0 radical (unpaired) electrons. The van der Waals surface area contributed by atoms with Gasteiger partial charge >= 0.3 is 0 Å². The predicted molar refractivity (Wildman–Crippen MR) is 110 cm³/mol. The lowest BCUT2D eigenvalue weighted by molar-refractivity contribution is 0.102.